The summed E-state index contributed by atoms with van der Waals surface area (Å²) in [6.07, 6.45) is 3.72. The summed E-state index contributed by atoms with van der Waals surface area (Å²) < 4.78 is 17.7. The summed E-state index contributed by atoms with van der Waals surface area (Å²) in [6, 6.07) is 15.3. The number of aryl methyl sites for hydroxylation is 1. The van der Waals surface area contributed by atoms with Gasteiger partial charge in [-0.1, -0.05) is 34.1 Å². The van der Waals surface area contributed by atoms with Gasteiger partial charge in [0.05, 0.1) is 5.69 Å². The van der Waals surface area contributed by atoms with Crippen LogP contribution in [0.25, 0.3) is 6.08 Å². The second-order valence-corrected chi connectivity index (χ2v) is 9.58. The Balaban J connectivity index is 1.40. The average Bonchev–Trinajstić information content (AvgIpc) is 3.36. The molecule has 0 aliphatic carbocycles. The minimum absolute atomic E-state index is 0.149. The van der Waals surface area contributed by atoms with Crippen LogP contribution >= 0.6 is 15.9 Å². The Labute approximate surface area is 227 Å². The summed E-state index contributed by atoms with van der Waals surface area (Å²) in [6.45, 7) is 6.18. The van der Waals surface area contributed by atoms with E-state index < -0.39 is 17.8 Å². The Kier molecular flexibility index (Phi) is 7.02. The fourth-order valence-corrected chi connectivity index (χ4v) is 4.41. The van der Waals surface area contributed by atoms with E-state index in [-0.39, 0.29) is 12.4 Å². The van der Waals surface area contributed by atoms with Gasteiger partial charge in [0.25, 0.3) is 11.8 Å². The van der Waals surface area contributed by atoms with Gasteiger partial charge in [-0.2, -0.15) is 0 Å². The highest BCUT2D eigenvalue weighted by Crippen LogP contribution is 2.33. The Morgan fingerprint density at radius 3 is 2.66 bits per heavy atom. The van der Waals surface area contributed by atoms with E-state index in [1.807, 2.05) is 31.2 Å². The Morgan fingerprint density at radius 2 is 1.87 bits per heavy atom. The first-order valence-electron chi connectivity index (χ1n) is 11.8. The zero-order chi connectivity index (χ0) is 26.8. The second-order valence-electron chi connectivity index (χ2n) is 8.73. The number of fused-ring (bicyclic) bond motifs is 1. The summed E-state index contributed by atoms with van der Waals surface area (Å²) in [5, 5.41) is 2.26. The third-order valence-corrected chi connectivity index (χ3v) is 6.98. The van der Waals surface area contributed by atoms with Gasteiger partial charge in [0.1, 0.15) is 17.9 Å². The molecule has 192 valence electrons. The van der Waals surface area contributed by atoms with Crippen LogP contribution in [0.2, 0.25) is 0 Å². The van der Waals surface area contributed by atoms with Crippen LogP contribution in [-0.4, -0.2) is 24.6 Å². The predicted molar refractivity (Wildman–Crippen MR) is 145 cm³/mol. The zero-order valence-corrected chi connectivity index (χ0v) is 22.0. The molecule has 0 saturated carbocycles. The number of urea groups is 1. The van der Waals surface area contributed by atoms with Gasteiger partial charge >= 0.3 is 6.03 Å². The standard InChI is InChI=1S/C29H23BrN2O6/c1-3-4-20-12-18(5-9-24(20)36-15-19-6-10-25-26(14-19)38-16-37-25)13-22-27(33)31-29(35)32(28(22)34)21-7-8-23(30)17(2)11-21/h3,5-14H,1,4,15-16H2,2H3,(H,31,33,35)/b22-13+. The van der Waals surface area contributed by atoms with Crippen LogP contribution < -0.4 is 24.4 Å². The van der Waals surface area contributed by atoms with E-state index in [1.54, 1.807) is 36.4 Å². The van der Waals surface area contributed by atoms with Crippen molar-refractivity contribution in [2.75, 3.05) is 11.7 Å². The maximum absolute atomic E-state index is 13.3. The van der Waals surface area contributed by atoms with Crippen molar-refractivity contribution in [3.63, 3.8) is 0 Å². The molecule has 1 N–H and O–H groups in total. The van der Waals surface area contributed by atoms with Crippen LogP contribution in [0.1, 0.15) is 22.3 Å². The average molecular weight is 575 g/mol. The van der Waals surface area contributed by atoms with Crippen molar-refractivity contribution in [3.8, 4) is 17.2 Å². The van der Waals surface area contributed by atoms with Crippen molar-refractivity contribution in [1.82, 2.24) is 5.32 Å². The molecular weight excluding hydrogens is 552 g/mol. The van der Waals surface area contributed by atoms with Crippen LogP contribution in [0, 0.1) is 6.92 Å². The number of halogens is 1. The fourth-order valence-electron chi connectivity index (χ4n) is 4.16. The third-order valence-electron chi connectivity index (χ3n) is 6.09. The number of carbonyl (C=O) groups excluding carboxylic acids is 3. The molecule has 1 saturated heterocycles. The van der Waals surface area contributed by atoms with E-state index in [4.69, 9.17) is 14.2 Å². The van der Waals surface area contributed by atoms with Crippen molar-refractivity contribution >= 4 is 45.5 Å². The number of nitrogens with zero attached hydrogens (tertiary/aromatic N) is 1. The summed E-state index contributed by atoms with van der Waals surface area (Å²) >= 11 is 3.41. The SMILES string of the molecule is C=CCc1cc(/C=C2\C(=O)NC(=O)N(c3ccc(Br)c(C)c3)C2=O)ccc1OCc1ccc2c(c1)OCO2. The van der Waals surface area contributed by atoms with Crippen molar-refractivity contribution in [2.24, 2.45) is 0 Å². The number of imide groups is 2. The molecule has 2 aliphatic rings. The molecule has 8 nitrogen and oxygen atoms in total. The van der Waals surface area contributed by atoms with Crippen LogP contribution in [0.3, 0.4) is 0 Å². The lowest BCUT2D eigenvalue weighted by Crippen LogP contribution is -2.54. The second kappa shape index (κ2) is 10.5. The number of carbonyl (C=O) groups is 3. The lowest BCUT2D eigenvalue weighted by atomic mass is 10.0. The Morgan fingerprint density at radius 1 is 1.05 bits per heavy atom. The van der Waals surface area contributed by atoms with Crippen LogP contribution in [0.4, 0.5) is 10.5 Å². The smallest absolute Gasteiger partial charge is 0.335 e. The number of nitrogens with one attached hydrogen (secondary N) is 1. The van der Waals surface area contributed by atoms with E-state index in [9.17, 15) is 14.4 Å². The van der Waals surface area contributed by atoms with Gasteiger partial charge in [-0.15, -0.1) is 6.58 Å². The number of amides is 4. The molecule has 0 spiro atoms. The Bertz CT molecular complexity index is 1510. The maximum atomic E-state index is 13.3. The molecular formula is C29H23BrN2O6. The first-order valence-corrected chi connectivity index (χ1v) is 12.6. The number of rotatable bonds is 7. The minimum Gasteiger partial charge on any atom is -0.489 e. The van der Waals surface area contributed by atoms with E-state index in [0.717, 1.165) is 26.1 Å². The molecule has 1 fully saturated rings. The lowest BCUT2D eigenvalue weighted by Gasteiger charge is -2.26. The summed E-state index contributed by atoms with van der Waals surface area (Å²) in [4.78, 5) is 39.4. The monoisotopic (exact) mass is 574 g/mol. The van der Waals surface area contributed by atoms with E-state index >= 15 is 0 Å². The number of hydrogen-bond donors (Lipinski definition) is 1. The third kappa shape index (κ3) is 5.05. The molecule has 9 heteroatoms. The van der Waals surface area contributed by atoms with Crippen molar-refractivity contribution < 1.29 is 28.6 Å². The number of ether oxygens (including phenoxy) is 3. The number of allylic oxidation sites excluding steroid dienone is 1. The predicted octanol–water partition coefficient (Wildman–Crippen LogP) is 5.46. The lowest BCUT2D eigenvalue weighted by molar-refractivity contribution is -0.122. The number of benzene rings is 3. The molecule has 2 aliphatic heterocycles. The Hall–Kier alpha value is -4.37. The summed E-state index contributed by atoms with van der Waals surface area (Å²) in [5.41, 5.74) is 3.42. The molecule has 0 aromatic heterocycles. The maximum Gasteiger partial charge on any atom is 0.335 e. The molecule has 5 rings (SSSR count). The molecule has 0 radical (unpaired) electrons. The molecule has 4 amide bonds. The molecule has 3 aromatic rings. The molecule has 2 heterocycles. The van der Waals surface area contributed by atoms with Crippen LogP contribution in [0.15, 0.2) is 77.3 Å². The van der Waals surface area contributed by atoms with Gasteiger partial charge in [-0.05, 0) is 84.1 Å². The van der Waals surface area contributed by atoms with Crippen molar-refractivity contribution in [2.45, 2.75) is 20.0 Å². The van der Waals surface area contributed by atoms with E-state index in [0.29, 0.717) is 41.5 Å². The molecule has 38 heavy (non-hydrogen) atoms. The number of barbiturate groups is 1. The zero-order valence-electron chi connectivity index (χ0n) is 20.5. The normalized spacial score (nSPS) is 15.6. The fraction of sp³-hybridized carbons (Fsp3) is 0.138. The van der Waals surface area contributed by atoms with Gasteiger partial charge in [0.15, 0.2) is 11.5 Å². The minimum atomic E-state index is -0.793. The number of hydrogen-bond acceptors (Lipinski definition) is 6. The quantitative estimate of drug-likeness (QED) is 0.229. The van der Waals surface area contributed by atoms with Gasteiger partial charge in [0, 0.05) is 4.47 Å². The van der Waals surface area contributed by atoms with Gasteiger partial charge in [0.2, 0.25) is 6.79 Å². The van der Waals surface area contributed by atoms with Crippen LogP contribution in [-0.2, 0) is 22.6 Å². The van der Waals surface area contributed by atoms with E-state index in [1.165, 1.54) is 6.08 Å². The van der Waals surface area contributed by atoms with Gasteiger partial charge < -0.3 is 14.2 Å². The molecule has 0 atom stereocenters. The van der Waals surface area contributed by atoms with E-state index in [2.05, 4.69) is 27.8 Å². The van der Waals surface area contributed by atoms with Crippen LogP contribution in [0.5, 0.6) is 17.2 Å². The topological polar surface area (TPSA) is 94.2 Å². The summed E-state index contributed by atoms with van der Waals surface area (Å²) in [7, 11) is 0. The highest BCUT2D eigenvalue weighted by atomic mass is 79.9. The molecule has 3 aromatic carbocycles. The highest BCUT2D eigenvalue weighted by molar-refractivity contribution is 9.10. The van der Waals surface area contributed by atoms with Gasteiger partial charge in [-0.3, -0.25) is 14.9 Å². The summed E-state index contributed by atoms with van der Waals surface area (Å²) in [5.74, 6) is 0.578. The largest absolute Gasteiger partial charge is 0.489 e. The number of anilines is 1. The van der Waals surface area contributed by atoms with Crippen molar-refractivity contribution in [3.05, 3.63) is 99.6 Å². The first-order chi connectivity index (χ1) is 18.3. The first kappa shape index (κ1) is 25.3. The highest BCUT2D eigenvalue weighted by Gasteiger charge is 2.37. The van der Waals surface area contributed by atoms with Gasteiger partial charge in [-0.25, -0.2) is 9.69 Å². The molecule has 0 unspecified atom stereocenters. The van der Waals surface area contributed by atoms with Crippen molar-refractivity contribution in [1.29, 1.82) is 0 Å². The molecule has 0 bridgehead atoms.